The van der Waals surface area contributed by atoms with Crippen molar-refractivity contribution in [3.63, 3.8) is 0 Å². The Kier molecular flexibility index (Phi) is 1.07. The highest BCUT2D eigenvalue weighted by molar-refractivity contribution is 5.87. The topological polar surface area (TPSA) is 41.8 Å². The number of hydrogen-bond donors (Lipinski definition) is 1. The minimum absolute atomic E-state index is 0.160. The van der Waals surface area contributed by atoms with E-state index in [1.165, 1.54) is 0 Å². The zero-order valence-electron chi connectivity index (χ0n) is 8.24. The highest BCUT2D eigenvalue weighted by atomic mass is 16.7. The molecule has 0 amide bonds. The maximum absolute atomic E-state index is 10.1. The molecule has 1 heterocycles. The number of aliphatic hydroxyl groups is 1. The van der Waals surface area contributed by atoms with E-state index in [2.05, 4.69) is 19.0 Å². The monoisotopic (exact) mass is 181 g/mol. The zero-order chi connectivity index (χ0) is 9.43. The van der Waals surface area contributed by atoms with Crippen LogP contribution in [-0.2, 0) is 4.84 Å². The van der Waals surface area contributed by atoms with Crippen molar-refractivity contribution in [2.75, 3.05) is 0 Å². The molecular weight excluding hydrogens is 166 g/mol. The molecule has 0 aromatic carbocycles. The number of rotatable bonds is 0. The number of hydrogen-bond acceptors (Lipinski definition) is 3. The van der Waals surface area contributed by atoms with Gasteiger partial charge in [0.25, 0.3) is 0 Å². The molecule has 1 N–H and O–H groups in total. The first-order chi connectivity index (χ1) is 5.97. The van der Waals surface area contributed by atoms with Gasteiger partial charge in [0, 0.05) is 6.42 Å². The predicted octanol–water partition coefficient (Wildman–Crippen LogP) is 1.37. The fraction of sp³-hybridized carbons (Fsp3) is 0.900. The van der Waals surface area contributed by atoms with Crippen LogP contribution >= 0.6 is 0 Å². The molecule has 0 bridgehead atoms. The van der Waals surface area contributed by atoms with E-state index in [1.807, 2.05) is 6.92 Å². The standard InChI is InChI=1S/C10H15NO2/c1-5-7-8-6(9(8,2)3)4-10(7,12)13-11-5/h6-8,12H,4H2,1-3H3/t6-,7+,8+,10-/m1/s1. The second kappa shape index (κ2) is 1.78. The normalized spacial score (nSPS) is 55.1. The third kappa shape index (κ3) is 0.688. The quantitative estimate of drug-likeness (QED) is 0.613. The maximum atomic E-state index is 10.1. The number of oxime groups is 1. The van der Waals surface area contributed by atoms with Crippen LogP contribution in [0.3, 0.4) is 0 Å². The Balaban J connectivity index is 1.98. The molecule has 0 aromatic rings. The van der Waals surface area contributed by atoms with Crippen LogP contribution in [0.4, 0.5) is 0 Å². The minimum Gasteiger partial charge on any atom is -0.360 e. The summed E-state index contributed by atoms with van der Waals surface area (Å²) in [7, 11) is 0. The Hall–Kier alpha value is -0.570. The van der Waals surface area contributed by atoms with Gasteiger partial charge in [0.2, 0.25) is 5.79 Å². The Morgan fingerprint density at radius 1 is 1.54 bits per heavy atom. The van der Waals surface area contributed by atoms with Crippen molar-refractivity contribution >= 4 is 5.71 Å². The fourth-order valence-corrected chi connectivity index (χ4v) is 3.45. The molecule has 3 aliphatic rings. The lowest BCUT2D eigenvalue weighted by atomic mass is 9.86. The predicted molar refractivity (Wildman–Crippen MR) is 48.0 cm³/mol. The van der Waals surface area contributed by atoms with Crippen molar-refractivity contribution in [2.45, 2.75) is 33.0 Å². The smallest absolute Gasteiger partial charge is 0.243 e. The van der Waals surface area contributed by atoms with Crippen LogP contribution in [0.2, 0.25) is 0 Å². The molecule has 4 atom stereocenters. The third-order valence-electron chi connectivity index (χ3n) is 4.29. The van der Waals surface area contributed by atoms with E-state index in [0.717, 1.165) is 12.1 Å². The van der Waals surface area contributed by atoms with Crippen molar-refractivity contribution in [1.82, 2.24) is 0 Å². The zero-order valence-corrected chi connectivity index (χ0v) is 8.24. The molecular formula is C10H15NO2. The first-order valence-electron chi connectivity index (χ1n) is 4.92. The summed E-state index contributed by atoms with van der Waals surface area (Å²) < 4.78 is 0. The first kappa shape index (κ1) is 7.80. The summed E-state index contributed by atoms with van der Waals surface area (Å²) in [5.74, 6) is 0.429. The van der Waals surface area contributed by atoms with Crippen LogP contribution in [0.25, 0.3) is 0 Å². The van der Waals surface area contributed by atoms with Crippen molar-refractivity contribution < 1.29 is 9.94 Å². The van der Waals surface area contributed by atoms with Gasteiger partial charge < -0.3 is 9.94 Å². The lowest BCUT2D eigenvalue weighted by Crippen LogP contribution is -2.38. The lowest BCUT2D eigenvalue weighted by Gasteiger charge is -2.26. The van der Waals surface area contributed by atoms with E-state index in [9.17, 15) is 5.11 Å². The molecule has 0 radical (unpaired) electrons. The van der Waals surface area contributed by atoms with E-state index < -0.39 is 5.79 Å². The molecule has 3 rings (SSSR count). The van der Waals surface area contributed by atoms with Crippen LogP contribution in [0.5, 0.6) is 0 Å². The van der Waals surface area contributed by atoms with E-state index >= 15 is 0 Å². The molecule has 2 aliphatic carbocycles. The third-order valence-corrected chi connectivity index (χ3v) is 4.29. The van der Waals surface area contributed by atoms with Gasteiger partial charge in [-0.1, -0.05) is 19.0 Å². The Labute approximate surface area is 77.8 Å². The highest BCUT2D eigenvalue weighted by Crippen LogP contribution is 2.72. The lowest BCUT2D eigenvalue weighted by molar-refractivity contribution is -0.208. The average molecular weight is 181 g/mol. The second-order valence-corrected chi connectivity index (χ2v) is 5.30. The van der Waals surface area contributed by atoms with Gasteiger partial charge in [-0.2, -0.15) is 0 Å². The largest absolute Gasteiger partial charge is 0.360 e. The summed E-state index contributed by atoms with van der Waals surface area (Å²) in [5, 5.41) is 14.0. The van der Waals surface area contributed by atoms with Gasteiger partial charge in [0.15, 0.2) is 0 Å². The van der Waals surface area contributed by atoms with Gasteiger partial charge in [-0.15, -0.1) is 0 Å². The fourth-order valence-electron chi connectivity index (χ4n) is 3.45. The summed E-state index contributed by atoms with van der Waals surface area (Å²) in [6.45, 7) is 6.50. The Bertz CT molecular complexity index is 310. The Morgan fingerprint density at radius 2 is 2.23 bits per heavy atom. The summed E-state index contributed by atoms with van der Waals surface area (Å²) in [6.07, 6.45) is 0.760. The van der Waals surface area contributed by atoms with E-state index in [4.69, 9.17) is 4.84 Å². The molecule has 72 valence electrons. The summed E-state index contributed by atoms with van der Waals surface area (Å²) in [4.78, 5) is 5.11. The molecule has 0 aromatic heterocycles. The average Bonchev–Trinajstić information content (AvgIpc) is 2.44. The number of nitrogens with zero attached hydrogens (tertiary/aromatic N) is 1. The van der Waals surface area contributed by atoms with Crippen molar-refractivity contribution in [1.29, 1.82) is 0 Å². The van der Waals surface area contributed by atoms with Crippen LogP contribution < -0.4 is 0 Å². The first-order valence-corrected chi connectivity index (χ1v) is 4.92. The Morgan fingerprint density at radius 3 is 2.92 bits per heavy atom. The SMILES string of the molecule is CC1=NO[C@]2(O)C[C@@H]3[C@@H]([C@H]12)C3(C)C. The molecule has 0 saturated heterocycles. The van der Waals surface area contributed by atoms with Crippen LogP contribution in [0, 0.1) is 23.2 Å². The minimum atomic E-state index is -0.949. The van der Waals surface area contributed by atoms with E-state index in [-0.39, 0.29) is 5.92 Å². The van der Waals surface area contributed by atoms with Crippen LogP contribution in [-0.4, -0.2) is 16.6 Å². The number of fused-ring (bicyclic) bond motifs is 3. The summed E-state index contributed by atoms with van der Waals surface area (Å²) in [6, 6.07) is 0. The van der Waals surface area contributed by atoms with E-state index in [0.29, 0.717) is 17.3 Å². The van der Waals surface area contributed by atoms with Gasteiger partial charge in [-0.3, -0.25) is 0 Å². The molecule has 3 heteroatoms. The second-order valence-electron chi connectivity index (χ2n) is 5.30. The molecule has 3 nitrogen and oxygen atoms in total. The van der Waals surface area contributed by atoms with Gasteiger partial charge in [-0.05, 0) is 24.2 Å². The molecule has 13 heavy (non-hydrogen) atoms. The molecule has 0 unspecified atom stereocenters. The van der Waals surface area contributed by atoms with Crippen molar-refractivity contribution in [3.05, 3.63) is 0 Å². The van der Waals surface area contributed by atoms with Crippen LogP contribution in [0.15, 0.2) is 5.16 Å². The van der Waals surface area contributed by atoms with Crippen molar-refractivity contribution in [2.24, 2.45) is 28.3 Å². The molecule has 2 fully saturated rings. The summed E-state index contributed by atoms with van der Waals surface area (Å²) >= 11 is 0. The highest BCUT2D eigenvalue weighted by Gasteiger charge is 2.75. The summed E-state index contributed by atoms with van der Waals surface area (Å²) in [5.41, 5.74) is 1.36. The molecule has 2 saturated carbocycles. The molecule has 1 aliphatic heterocycles. The van der Waals surface area contributed by atoms with Gasteiger partial charge in [0.05, 0.1) is 11.6 Å². The maximum Gasteiger partial charge on any atom is 0.243 e. The molecule has 0 spiro atoms. The van der Waals surface area contributed by atoms with Gasteiger partial charge >= 0.3 is 0 Å². The van der Waals surface area contributed by atoms with E-state index in [1.54, 1.807) is 0 Å². The van der Waals surface area contributed by atoms with Gasteiger partial charge in [-0.25, -0.2) is 0 Å². The van der Waals surface area contributed by atoms with Crippen molar-refractivity contribution in [3.8, 4) is 0 Å². The van der Waals surface area contributed by atoms with Gasteiger partial charge in [0.1, 0.15) is 0 Å². The van der Waals surface area contributed by atoms with Crippen LogP contribution in [0.1, 0.15) is 27.2 Å².